The van der Waals surface area contributed by atoms with Crippen LogP contribution in [0, 0.1) is 10.1 Å². The fourth-order valence-electron chi connectivity index (χ4n) is 1.51. The zero-order valence-electron chi connectivity index (χ0n) is 7.37. The number of hydrogen-bond acceptors (Lipinski definition) is 3. The monoisotopic (exact) mass is 256 g/mol. The fourth-order valence-corrected chi connectivity index (χ4v) is 2.02. The topological polar surface area (TPSA) is 69.2 Å². The Morgan fingerprint density at radius 1 is 1.50 bits per heavy atom. The van der Waals surface area contributed by atoms with Gasteiger partial charge in [-0.15, -0.1) is 0 Å². The van der Waals surface area contributed by atoms with Crippen LogP contribution in [0.1, 0.15) is 18.4 Å². The van der Waals surface area contributed by atoms with Crippen molar-refractivity contribution in [2.75, 3.05) is 0 Å². The molecule has 5 heteroatoms. The number of nitro groups is 1. The summed E-state index contributed by atoms with van der Waals surface area (Å²) >= 11 is 3.17. The Hall–Kier alpha value is -0.940. The summed E-state index contributed by atoms with van der Waals surface area (Å²) in [6.07, 6.45) is 1.65. The Morgan fingerprint density at radius 3 is 2.64 bits per heavy atom. The molecule has 2 N–H and O–H groups in total. The molecule has 0 aliphatic heterocycles. The van der Waals surface area contributed by atoms with Gasteiger partial charge in [-0.2, -0.15) is 0 Å². The van der Waals surface area contributed by atoms with E-state index < -0.39 is 5.54 Å². The minimum atomic E-state index is -0.466. The van der Waals surface area contributed by atoms with Crippen molar-refractivity contribution >= 4 is 21.6 Å². The normalized spacial score (nSPS) is 17.9. The molecule has 1 aromatic rings. The zero-order chi connectivity index (χ0) is 10.3. The lowest BCUT2D eigenvalue weighted by molar-refractivity contribution is -0.386. The van der Waals surface area contributed by atoms with E-state index >= 15 is 0 Å². The first kappa shape index (κ1) is 9.61. The maximum atomic E-state index is 10.8. The molecule has 1 saturated carbocycles. The van der Waals surface area contributed by atoms with Gasteiger partial charge in [-0.05, 0) is 34.8 Å². The zero-order valence-corrected chi connectivity index (χ0v) is 8.95. The van der Waals surface area contributed by atoms with Gasteiger partial charge in [-0.3, -0.25) is 10.1 Å². The van der Waals surface area contributed by atoms with Crippen molar-refractivity contribution in [3.05, 3.63) is 38.3 Å². The van der Waals surface area contributed by atoms with Crippen molar-refractivity contribution < 1.29 is 4.92 Å². The van der Waals surface area contributed by atoms with Crippen molar-refractivity contribution in [2.45, 2.75) is 18.4 Å². The van der Waals surface area contributed by atoms with Crippen LogP contribution in [0.2, 0.25) is 0 Å². The van der Waals surface area contributed by atoms with E-state index in [1.54, 1.807) is 18.2 Å². The molecule has 0 unspecified atom stereocenters. The van der Waals surface area contributed by atoms with E-state index in [-0.39, 0.29) is 10.6 Å². The molecule has 2 rings (SSSR count). The second kappa shape index (κ2) is 3.03. The van der Waals surface area contributed by atoms with Crippen LogP contribution >= 0.6 is 15.9 Å². The van der Waals surface area contributed by atoms with E-state index in [1.165, 1.54) is 0 Å². The lowest BCUT2D eigenvalue weighted by Crippen LogP contribution is -2.20. The summed E-state index contributed by atoms with van der Waals surface area (Å²) in [5, 5.41) is 10.8. The van der Waals surface area contributed by atoms with Crippen LogP contribution in [0.25, 0.3) is 0 Å². The van der Waals surface area contributed by atoms with Gasteiger partial charge in [0.15, 0.2) is 0 Å². The highest BCUT2D eigenvalue weighted by Gasteiger charge is 2.44. The maximum Gasteiger partial charge on any atom is 0.288 e. The molecule has 14 heavy (non-hydrogen) atoms. The molecule has 1 aliphatic rings. The van der Waals surface area contributed by atoms with Crippen LogP contribution in [-0.4, -0.2) is 4.92 Å². The summed E-state index contributed by atoms with van der Waals surface area (Å²) in [6.45, 7) is 0. The Labute approximate surface area is 89.4 Å². The van der Waals surface area contributed by atoms with E-state index in [9.17, 15) is 10.1 Å². The molecule has 4 nitrogen and oxygen atoms in total. The number of benzene rings is 1. The number of nitro benzene ring substituents is 1. The average molecular weight is 257 g/mol. The molecule has 0 heterocycles. The second-order valence-corrected chi connectivity index (χ2v) is 4.40. The van der Waals surface area contributed by atoms with Gasteiger partial charge in [0.05, 0.1) is 15.0 Å². The highest BCUT2D eigenvalue weighted by atomic mass is 79.9. The van der Waals surface area contributed by atoms with Crippen molar-refractivity contribution in [3.63, 3.8) is 0 Å². The number of nitrogens with two attached hydrogens (primary N) is 1. The number of rotatable bonds is 2. The lowest BCUT2D eigenvalue weighted by atomic mass is 10.0. The van der Waals surface area contributed by atoms with Gasteiger partial charge >= 0.3 is 0 Å². The third-order valence-electron chi connectivity index (χ3n) is 2.49. The van der Waals surface area contributed by atoms with E-state index in [0.29, 0.717) is 10.0 Å². The first-order chi connectivity index (χ1) is 6.54. The summed E-state index contributed by atoms with van der Waals surface area (Å²) < 4.78 is 0.497. The molecule has 0 radical (unpaired) electrons. The molecule has 0 aromatic heterocycles. The molecule has 0 spiro atoms. The number of para-hydroxylation sites is 1. The molecule has 74 valence electrons. The molecule has 1 aliphatic carbocycles. The molecule has 0 saturated heterocycles. The smallest absolute Gasteiger partial charge is 0.288 e. The Bertz CT molecular complexity index is 402. The highest BCUT2D eigenvalue weighted by molar-refractivity contribution is 9.10. The second-order valence-electron chi connectivity index (χ2n) is 3.55. The van der Waals surface area contributed by atoms with Crippen molar-refractivity contribution in [1.29, 1.82) is 0 Å². The van der Waals surface area contributed by atoms with Crippen molar-refractivity contribution in [2.24, 2.45) is 5.73 Å². The first-order valence-corrected chi connectivity index (χ1v) is 5.06. The highest BCUT2D eigenvalue weighted by Crippen LogP contribution is 2.47. The minimum absolute atomic E-state index is 0.104. The molecular formula is C9H9BrN2O2. The lowest BCUT2D eigenvalue weighted by Gasteiger charge is -2.09. The largest absolute Gasteiger partial charge is 0.321 e. The van der Waals surface area contributed by atoms with Crippen LogP contribution in [0.5, 0.6) is 0 Å². The number of halogens is 1. The number of hydrogen-bond donors (Lipinski definition) is 1. The standard InChI is InChI=1S/C9H9BrN2O2/c10-7-3-1-2-6(8(7)12(13)14)9(11)4-5-9/h1-3H,4-5,11H2. The van der Waals surface area contributed by atoms with Gasteiger partial charge in [-0.1, -0.05) is 12.1 Å². The summed E-state index contributed by atoms with van der Waals surface area (Å²) in [5.74, 6) is 0. The van der Waals surface area contributed by atoms with E-state index in [0.717, 1.165) is 12.8 Å². The van der Waals surface area contributed by atoms with Crippen molar-refractivity contribution in [3.8, 4) is 0 Å². The van der Waals surface area contributed by atoms with Gasteiger partial charge in [0.1, 0.15) is 0 Å². The fraction of sp³-hybridized carbons (Fsp3) is 0.333. The molecule has 0 atom stereocenters. The predicted molar refractivity (Wildman–Crippen MR) is 55.9 cm³/mol. The molecule has 1 fully saturated rings. The Balaban J connectivity index is 2.59. The van der Waals surface area contributed by atoms with Gasteiger partial charge in [-0.25, -0.2) is 0 Å². The SMILES string of the molecule is NC1(c2cccc(Br)c2[N+](=O)[O-])CC1. The van der Waals surface area contributed by atoms with Crippen LogP contribution < -0.4 is 5.73 Å². The van der Waals surface area contributed by atoms with Gasteiger partial charge in [0.2, 0.25) is 0 Å². The van der Waals surface area contributed by atoms with E-state index in [2.05, 4.69) is 15.9 Å². The van der Waals surface area contributed by atoms with Crippen LogP contribution in [0.4, 0.5) is 5.69 Å². The maximum absolute atomic E-state index is 10.8. The third kappa shape index (κ3) is 1.42. The van der Waals surface area contributed by atoms with Gasteiger partial charge in [0.25, 0.3) is 5.69 Å². The Kier molecular flexibility index (Phi) is 2.08. The van der Waals surface area contributed by atoms with Gasteiger partial charge in [0, 0.05) is 5.54 Å². The van der Waals surface area contributed by atoms with Crippen LogP contribution in [-0.2, 0) is 5.54 Å². The third-order valence-corrected chi connectivity index (χ3v) is 3.13. The van der Waals surface area contributed by atoms with Gasteiger partial charge < -0.3 is 5.73 Å². The molecular weight excluding hydrogens is 248 g/mol. The van der Waals surface area contributed by atoms with Crippen LogP contribution in [0.3, 0.4) is 0 Å². The average Bonchev–Trinajstić information content (AvgIpc) is 2.84. The summed E-state index contributed by atoms with van der Waals surface area (Å²) in [6, 6.07) is 5.17. The van der Waals surface area contributed by atoms with Crippen molar-refractivity contribution in [1.82, 2.24) is 0 Å². The quantitative estimate of drug-likeness (QED) is 0.652. The number of nitrogens with zero attached hydrogens (tertiary/aromatic N) is 1. The minimum Gasteiger partial charge on any atom is -0.321 e. The summed E-state index contributed by atoms with van der Waals surface area (Å²) in [5.41, 5.74) is 6.22. The Morgan fingerprint density at radius 2 is 2.14 bits per heavy atom. The molecule has 1 aromatic carbocycles. The van der Waals surface area contributed by atoms with E-state index in [1.807, 2.05) is 0 Å². The van der Waals surface area contributed by atoms with E-state index in [4.69, 9.17) is 5.73 Å². The summed E-state index contributed by atoms with van der Waals surface area (Å²) in [7, 11) is 0. The first-order valence-electron chi connectivity index (χ1n) is 4.27. The molecule has 0 bridgehead atoms. The van der Waals surface area contributed by atoms with Crippen LogP contribution in [0.15, 0.2) is 22.7 Å². The summed E-state index contributed by atoms with van der Waals surface area (Å²) in [4.78, 5) is 10.5. The predicted octanol–water partition coefficient (Wildman–Crippen LogP) is 2.31. The molecule has 0 amide bonds.